The average molecular weight is 236 g/mol. The van der Waals surface area contributed by atoms with Gasteiger partial charge in [-0.05, 0) is 37.9 Å². The van der Waals surface area contributed by atoms with Crippen LogP contribution in [-0.4, -0.2) is 24.7 Å². The standard InChI is InChI=1S/C14H24N2O/c1-4-8-15-13(11-17-10-5-2)14-12(3)7-6-9-16-14/h6-7,9,13,15H,4-5,8,10-11H2,1-3H3. The smallest absolute Gasteiger partial charge is 0.0735 e. The molecule has 0 radical (unpaired) electrons. The van der Waals surface area contributed by atoms with Gasteiger partial charge in [0.2, 0.25) is 0 Å². The lowest BCUT2D eigenvalue weighted by Gasteiger charge is -2.19. The molecule has 0 fully saturated rings. The SMILES string of the molecule is CCCNC(COCCC)c1ncccc1C. The zero-order chi connectivity index (χ0) is 12.5. The fourth-order valence-corrected chi connectivity index (χ4v) is 1.76. The molecule has 1 rings (SSSR count). The van der Waals surface area contributed by atoms with Crippen LogP contribution in [0.2, 0.25) is 0 Å². The van der Waals surface area contributed by atoms with Crippen LogP contribution in [0.3, 0.4) is 0 Å². The molecule has 0 aromatic carbocycles. The van der Waals surface area contributed by atoms with Gasteiger partial charge in [0.1, 0.15) is 0 Å². The van der Waals surface area contributed by atoms with E-state index in [1.165, 1.54) is 5.56 Å². The van der Waals surface area contributed by atoms with Crippen LogP contribution in [0.4, 0.5) is 0 Å². The number of aromatic nitrogens is 1. The maximum atomic E-state index is 5.65. The molecular weight excluding hydrogens is 212 g/mol. The van der Waals surface area contributed by atoms with Gasteiger partial charge in [-0.25, -0.2) is 0 Å². The first-order chi connectivity index (χ1) is 8.29. The van der Waals surface area contributed by atoms with Crippen molar-refractivity contribution in [3.8, 4) is 0 Å². The molecule has 1 aromatic heterocycles. The van der Waals surface area contributed by atoms with Crippen molar-refractivity contribution in [1.82, 2.24) is 10.3 Å². The number of hydrogen-bond donors (Lipinski definition) is 1. The minimum atomic E-state index is 0.211. The van der Waals surface area contributed by atoms with Gasteiger partial charge in [0.25, 0.3) is 0 Å². The summed E-state index contributed by atoms with van der Waals surface area (Å²) in [6.07, 6.45) is 4.03. The van der Waals surface area contributed by atoms with Gasteiger partial charge in [-0.1, -0.05) is 19.9 Å². The van der Waals surface area contributed by atoms with E-state index < -0.39 is 0 Å². The molecule has 1 aromatic rings. The molecule has 0 spiro atoms. The Morgan fingerprint density at radius 2 is 2.18 bits per heavy atom. The van der Waals surface area contributed by atoms with Crippen LogP contribution in [0.5, 0.6) is 0 Å². The van der Waals surface area contributed by atoms with E-state index in [1.807, 2.05) is 12.3 Å². The topological polar surface area (TPSA) is 34.1 Å². The highest BCUT2D eigenvalue weighted by atomic mass is 16.5. The summed E-state index contributed by atoms with van der Waals surface area (Å²) in [6.45, 7) is 8.91. The molecule has 1 heterocycles. The van der Waals surface area contributed by atoms with Crippen molar-refractivity contribution in [3.63, 3.8) is 0 Å². The number of nitrogens with zero attached hydrogens (tertiary/aromatic N) is 1. The molecule has 3 nitrogen and oxygen atoms in total. The van der Waals surface area contributed by atoms with E-state index in [-0.39, 0.29) is 6.04 Å². The molecule has 1 unspecified atom stereocenters. The van der Waals surface area contributed by atoms with Gasteiger partial charge in [-0.3, -0.25) is 4.98 Å². The lowest BCUT2D eigenvalue weighted by Crippen LogP contribution is -2.28. The maximum Gasteiger partial charge on any atom is 0.0735 e. The molecule has 17 heavy (non-hydrogen) atoms. The Morgan fingerprint density at radius 3 is 2.82 bits per heavy atom. The molecule has 0 aliphatic heterocycles. The molecule has 0 aliphatic rings. The van der Waals surface area contributed by atoms with Gasteiger partial charge in [0.15, 0.2) is 0 Å². The van der Waals surface area contributed by atoms with Gasteiger partial charge in [0, 0.05) is 12.8 Å². The average Bonchev–Trinajstić information content (AvgIpc) is 2.35. The van der Waals surface area contributed by atoms with Gasteiger partial charge in [-0.2, -0.15) is 0 Å². The molecule has 1 N–H and O–H groups in total. The summed E-state index contributed by atoms with van der Waals surface area (Å²) in [5.74, 6) is 0. The number of nitrogens with one attached hydrogen (secondary N) is 1. The fourth-order valence-electron chi connectivity index (χ4n) is 1.76. The fraction of sp³-hybridized carbons (Fsp3) is 0.643. The first-order valence-corrected chi connectivity index (χ1v) is 6.52. The van der Waals surface area contributed by atoms with E-state index in [2.05, 4.69) is 37.1 Å². The van der Waals surface area contributed by atoms with E-state index in [1.54, 1.807) is 0 Å². The summed E-state index contributed by atoms with van der Waals surface area (Å²) in [5.41, 5.74) is 2.33. The van der Waals surface area contributed by atoms with Gasteiger partial charge >= 0.3 is 0 Å². The normalized spacial score (nSPS) is 12.6. The summed E-state index contributed by atoms with van der Waals surface area (Å²) < 4.78 is 5.65. The van der Waals surface area contributed by atoms with E-state index in [9.17, 15) is 0 Å². The van der Waals surface area contributed by atoms with Crippen molar-refractivity contribution < 1.29 is 4.74 Å². The highest BCUT2D eigenvalue weighted by Crippen LogP contribution is 2.15. The number of aryl methyl sites for hydroxylation is 1. The van der Waals surface area contributed by atoms with Crippen LogP contribution >= 0.6 is 0 Å². The van der Waals surface area contributed by atoms with Gasteiger partial charge < -0.3 is 10.1 Å². The van der Waals surface area contributed by atoms with Crippen molar-refractivity contribution in [2.75, 3.05) is 19.8 Å². The second-order valence-electron chi connectivity index (χ2n) is 4.29. The molecule has 0 amide bonds. The van der Waals surface area contributed by atoms with Crippen molar-refractivity contribution in [1.29, 1.82) is 0 Å². The monoisotopic (exact) mass is 236 g/mol. The summed E-state index contributed by atoms with van der Waals surface area (Å²) in [6, 6.07) is 4.29. The largest absolute Gasteiger partial charge is 0.379 e. The van der Waals surface area contributed by atoms with Crippen LogP contribution in [0.1, 0.15) is 44.0 Å². The zero-order valence-corrected chi connectivity index (χ0v) is 11.2. The van der Waals surface area contributed by atoms with Crippen molar-refractivity contribution >= 4 is 0 Å². The minimum Gasteiger partial charge on any atom is -0.379 e. The van der Waals surface area contributed by atoms with Crippen molar-refractivity contribution in [2.24, 2.45) is 0 Å². The third-order valence-corrected chi connectivity index (χ3v) is 2.65. The highest BCUT2D eigenvalue weighted by molar-refractivity contribution is 5.21. The first-order valence-electron chi connectivity index (χ1n) is 6.52. The van der Waals surface area contributed by atoms with Crippen LogP contribution in [0.25, 0.3) is 0 Å². The van der Waals surface area contributed by atoms with E-state index in [0.29, 0.717) is 6.61 Å². The van der Waals surface area contributed by atoms with Crippen molar-refractivity contribution in [2.45, 2.75) is 39.7 Å². The minimum absolute atomic E-state index is 0.211. The lowest BCUT2D eigenvalue weighted by atomic mass is 10.1. The highest BCUT2D eigenvalue weighted by Gasteiger charge is 2.14. The predicted molar refractivity (Wildman–Crippen MR) is 71.1 cm³/mol. The number of hydrogen-bond acceptors (Lipinski definition) is 3. The Labute approximate surface area is 105 Å². The summed E-state index contributed by atoms with van der Waals surface area (Å²) in [4.78, 5) is 4.47. The molecular formula is C14H24N2O. The summed E-state index contributed by atoms with van der Waals surface area (Å²) in [7, 11) is 0. The molecule has 0 saturated heterocycles. The second-order valence-corrected chi connectivity index (χ2v) is 4.29. The third-order valence-electron chi connectivity index (χ3n) is 2.65. The van der Waals surface area contributed by atoms with Gasteiger partial charge in [0.05, 0.1) is 18.3 Å². The van der Waals surface area contributed by atoms with Crippen LogP contribution in [0.15, 0.2) is 18.3 Å². The molecule has 1 atom stereocenters. The molecule has 0 saturated carbocycles. The number of ether oxygens (including phenoxy) is 1. The lowest BCUT2D eigenvalue weighted by molar-refractivity contribution is 0.110. The van der Waals surface area contributed by atoms with E-state index in [4.69, 9.17) is 4.74 Å². The van der Waals surface area contributed by atoms with Crippen LogP contribution in [0, 0.1) is 6.92 Å². The Balaban J connectivity index is 2.64. The van der Waals surface area contributed by atoms with Crippen LogP contribution < -0.4 is 5.32 Å². The molecule has 0 bridgehead atoms. The Hall–Kier alpha value is -0.930. The van der Waals surface area contributed by atoms with E-state index >= 15 is 0 Å². The third kappa shape index (κ3) is 4.84. The maximum absolute atomic E-state index is 5.65. The number of pyridine rings is 1. The Bertz CT molecular complexity index is 315. The Morgan fingerprint density at radius 1 is 1.35 bits per heavy atom. The van der Waals surface area contributed by atoms with E-state index in [0.717, 1.165) is 31.7 Å². The molecule has 0 aliphatic carbocycles. The molecule has 96 valence electrons. The Kier molecular flexibility index (Phi) is 6.82. The number of rotatable bonds is 8. The molecule has 3 heteroatoms. The second kappa shape index (κ2) is 8.20. The van der Waals surface area contributed by atoms with Crippen LogP contribution in [-0.2, 0) is 4.74 Å². The quantitative estimate of drug-likeness (QED) is 0.705. The summed E-state index contributed by atoms with van der Waals surface area (Å²) in [5, 5.41) is 3.50. The van der Waals surface area contributed by atoms with Crippen molar-refractivity contribution in [3.05, 3.63) is 29.6 Å². The summed E-state index contributed by atoms with van der Waals surface area (Å²) >= 11 is 0. The zero-order valence-electron chi connectivity index (χ0n) is 11.2. The predicted octanol–water partition coefficient (Wildman–Crippen LogP) is 2.86. The first kappa shape index (κ1) is 14.1. The van der Waals surface area contributed by atoms with Gasteiger partial charge in [-0.15, -0.1) is 0 Å².